The Morgan fingerprint density at radius 2 is 1.76 bits per heavy atom. The number of nitrogens with zero attached hydrogens (tertiary/aromatic N) is 2. The lowest BCUT2D eigenvalue weighted by Crippen LogP contribution is -2.32. The quantitative estimate of drug-likeness (QED) is 0.337. The van der Waals surface area contributed by atoms with Crippen molar-refractivity contribution in [2.24, 2.45) is 5.10 Å². The Balaban J connectivity index is 1.56. The average Bonchev–Trinajstić information content (AvgIpc) is 2.74. The molecule has 7 heteroatoms. The molecule has 0 saturated heterocycles. The second kappa shape index (κ2) is 8.44. The molecule has 0 fully saturated rings. The van der Waals surface area contributed by atoms with Crippen molar-refractivity contribution in [2.75, 3.05) is 0 Å². The Labute approximate surface area is 179 Å². The SMILES string of the molecule is O=c1[nH]c2ccccc2c(=O)n1N=Cc1ccc(OCc2ccccc2)c(I)c1. The van der Waals surface area contributed by atoms with E-state index in [-0.39, 0.29) is 0 Å². The van der Waals surface area contributed by atoms with E-state index >= 15 is 0 Å². The molecule has 0 unspecified atom stereocenters. The highest BCUT2D eigenvalue weighted by Gasteiger charge is 2.06. The predicted octanol–water partition coefficient (Wildman–Crippen LogP) is 3.76. The standard InChI is InChI=1S/C22H16IN3O3/c23-18-12-16(10-11-20(18)29-14-15-6-2-1-3-7-15)13-24-26-21(27)17-8-4-5-9-19(17)25-22(26)28/h1-13H,14H2,(H,25,28). The summed E-state index contributed by atoms with van der Waals surface area (Å²) in [4.78, 5) is 27.4. The number of nitrogens with one attached hydrogen (secondary N) is 1. The molecule has 29 heavy (non-hydrogen) atoms. The van der Waals surface area contributed by atoms with Crippen LogP contribution in [0.3, 0.4) is 0 Å². The van der Waals surface area contributed by atoms with E-state index in [0.717, 1.165) is 25.1 Å². The third-order valence-corrected chi connectivity index (χ3v) is 5.14. The van der Waals surface area contributed by atoms with Gasteiger partial charge in [0, 0.05) is 0 Å². The summed E-state index contributed by atoms with van der Waals surface area (Å²) in [5.74, 6) is 0.757. The van der Waals surface area contributed by atoms with Gasteiger partial charge in [-0.25, -0.2) is 4.79 Å². The summed E-state index contributed by atoms with van der Waals surface area (Å²) in [6.07, 6.45) is 1.48. The Bertz CT molecular complexity index is 1310. The van der Waals surface area contributed by atoms with Crippen LogP contribution < -0.4 is 16.0 Å². The van der Waals surface area contributed by atoms with E-state index in [9.17, 15) is 9.59 Å². The van der Waals surface area contributed by atoms with Crippen molar-refractivity contribution >= 4 is 39.7 Å². The molecule has 0 bridgehead atoms. The summed E-state index contributed by atoms with van der Waals surface area (Å²) in [5, 5.41) is 4.49. The number of benzene rings is 3. The molecule has 0 saturated carbocycles. The minimum absolute atomic E-state index is 0.406. The van der Waals surface area contributed by atoms with Crippen molar-refractivity contribution in [3.63, 3.8) is 0 Å². The van der Waals surface area contributed by atoms with E-state index in [2.05, 4.69) is 32.7 Å². The first-order chi connectivity index (χ1) is 14.1. The maximum absolute atomic E-state index is 12.5. The van der Waals surface area contributed by atoms with Crippen molar-refractivity contribution in [3.05, 3.63) is 108 Å². The molecule has 144 valence electrons. The van der Waals surface area contributed by atoms with Gasteiger partial charge in [0.25, 0.3) is 5.56 Å². The molecular formula is C22H16IN3O3. The molecule has 1 N–H and O–H groups in total. The molecule has 0 amide bonds. The van der Waals surface area contributed by atoms with Crippen LogP contribution in [0.5, 0.6) is 5.75 Å². The summed E-state index contributed by atoms with van der Waals surface area (Å²) >= 11 is 2.18. The van der Waals surface area contributed by atoms with Gasteiger partial charge in [-0.2, -0.15) is 5.10 Å². The van der Waals surface area contributed by atoms with Crippen molar-refractivity contribution in [1.29, 1.82) is 0 Å². The van der Waals surface area contributed by atoms with Crippen LogP contribution in [0.1, 0.15) is 11.1 Å². The van der Waals surface area contributed by atoms with Crippen molar-refractivity contribution < 1.29 is 4.74 Å². The first-order valence-electron chi connectivity index (χ1n) is 8.86. The van der Waals surface area contributed by atoms with E-state index in [1.165, 1.54) is 6.21 Å². The lowest BCUT2D eigenvalue weighted by atomic mass is 10.2. The maximum atomic E-state index is 12.5. The molecule has 0 spiro atoms. The smallest absolute Gasteiger partial charge is 0.349 e. The lowest BCUT2D eigenvalue weighted by molar-refractivity contribution is 0.304. The number of fused-ring (bicyclic) bond motifs is 1. The van der Waals surface area contributed by atoms with Crippen LogP contribution >= 0.6 is 22.6 Å². The fourth-order valence-electron chi connectivity index (χ4n) is 2.83. The van der Waals surface area contributed by atoms with Gasteiger partial charge in [-0.05, 0) is 64.0 Å². The van der Waals surface area contributed by atoms with E-state index in [1.807, 2.05) is 48.5 Å². The van der Waals surface area contributed by atoms with E-state index < -0.39 is 11.2 Å². The van der Waals surface area contributed by atoms with Gasteiger partial charge >= 0.3 is 5.69 Å². The number of para-hydroxylation sites is 1. The van der Waals surface area contributed by atoms with Crippen LogP contribution in [0.25, 0.3) is 10.9 Å². The molecule has 0 radical (unpaired) electrons. The second-order valence-corrected chi connectivity index (χ2v) is 7.46. The first-order valence-corrected chi connectivity index (χ1v) is 9.94. The monoisotopic (exact) mass is 497 g/mol. The van der Waals surface area contributed by atoms with Crippen LogP contribution in [0.4, 0.5) is 0 Å². The zero-order valence-electron chi connectivity index (χ0n) is 15.2. The Morgan fingerprint density at radius 1 is 1.00 bits per heavy atom. The highest BCUT2D eigenvalue weighted by atomic mass is 127. The zero-order chi connectivity index (χ0) is 20.2. The zero-order valence-corrected chi connectivity index (χ0v) is 17.4. The predicted molar refractivity (Wildman–Crippen MR) is 122 cm³/mol. The third kappa shape index (κ3) is 4.29. The van der Waals surface area contributed by atoms with Crippen LogP contribution in [-0.4, -0.2) is 15.9 Å². The molecule has 6 nitrogen and oxygen atoms in total. The van der Waals surface area contributed by atoms with Crippen molar-refractivity contribution in [1.82, 2.24) is 9.66 Å². The minimum Gasteiger partial charge on any atom is -0.488 e. The van der Waals surface area contributed by atoms with Gasteiger partial charge in [0.2, 0.25) is 0 Å². The average molecular weight is 497 g/mol. The van der Waals surface area contributed by atoms with Crippen LogP contribution in [0, 0.1) is 3.57 Å². The van der Waals surface area contributed by atoms with Crippen LogP contribution in [0.2, 0.25) is 0 Å². The lowest BCUT2D eigenvalue weighted by Gasteiger charge is -2.09. The highest BCUT2D eigenvalue weighted by Crippen LogP contribution is 2.22. The number of halogens is 1. The summed E-state index contributed by atoms with van der Waals surface area (Å²) < 4.78 is 7.60. The Morgan fingerprint density at radius 3 is 2.55 bits per heavy atom. The molecule has 3 aromatic carbocycles. The largest absolute Gasteiger partial charge is 0.488 e. The molecule has 4 aromatic rings. The van der Waals surface area contributed by atoms with E-state index in [1.54, 1.807) is 24.3 Å². The molecule has 0 aliphatic heterocycles. The van der Waals surface area contributed by atoms with E-state index in [0.29, 0.717) is 17.5 Å². The number of aromatic amines is 1. The Kier molecular flexibility index (Phi) is 5.57. The van der Waals surface area contributed by atoms with E-state index in [4.69, 9.17) is 4.74 Å². The molecule has 0 aliphatic carbocycles. The summed E-state index contributed by atoms with van der Waals surface area (Å²) in [6, 6.07) is 22.3. The molecule has 0 atom stereocenters. The van der Waals surface area contributed by atoms with Gasteiger partial charge in [0.05, 0.1) is 20.7 Å². The van der Waals surface area contributed by atoms with Gasteiger partial charge in [0.15, 0.2) is 0 Å². The number of ether oxygens (including phenoxy) is 1. The normalized spacial score (nSPS) is 11.2. The fraction of sp³-hybridized carbons (Fsp3) is 0.0455. The number of rotatable bonds is 5. The molecular weight excluding hydrogens is 481 g/mol. The number of hydrogen-bond acceptors (Lipinski definition) is 4. The molecule has 4 rings (SSSR count). The van der Waals surface area contributed by atoms with Crippen molar-refractivity contribution in [2.45, 2.75) is 6.61 Å². The van der Waals surface area contributed by atoms with Gasteiger partial charge in [-0.15, -0.1) is 4.68 Å². The summed E-state index contributed by atoms with van der Waals surface area (Å²) in [6.45, 7) is 0.478. The highest BCUT2D eigenvalue weighted by molar-refractivity contribution is 14.1. The molecule has 0 aliphatic rings. The van der Waals surface area contributed by atoms with Crippen LogP contribution in [-0.2, 0) is 6.61 Å². The number of aromatic nitrogens is 2. The molecule has 1 heterocycles. The number of H-pyrrole nitrogens is 1. The summed E-state index contributed by atoms with van der Waals surface area (Å²) in [5.41, 5.74) is 1.29. The second-order valence-electron chi connectivity index (χ2n) is 6.30. The molecule has 1 aromatic heterocycles. The van der Waals surface area contributed by atoms with Gasteiger partial charge in [-0.1, -0.05) is 42.5 Å². The minimum atomic E-state index is -0.581. The van der Waals surface area contributed by atoms with Crippen molar-refractivity contribution in [3.8, 4) is 5.75 Å². The number of hydrogen-bond donors (Lipinski definition) is 1. The summed E-state index contributed by atoms with van der Waals surface area (Å²) in [7, 11) is 0. The fourth-order valence-corrected chi connectivity index (χ4v) is 3.53. The third-order valence-electron chi connectivity index (χ3n) is 4.30. The Hall–Kier alpha value is -3.20. The first kappa shape index (κ1) is 19.1. The maximum Gasteiger partial charge on any atom is 0.349 e. The van der Waals surface area contributed by atoms with Gasteiger partial charge in [-0.3, -0.25) is 4.79 Å². The van der Waals surface area contributed by atoms with Gasteiger partial charge in [0.1, 0.15) is 12.4 Å². The van der Waals surface area contributed by atoms with Crippen LogP contribution in [0.15, 0.2) is 87.5 Å². The van der Waals surface area contributed by atoms with Gasteiger partial charge < -0.3 is 9.72 Å². The topological polar surface area (TPSA) is 76.5 Å².